The molecule has 1 amide bonds. The van der Waals surface area contributed by atoms with Crippen LogP contribution in [0, 0.1) is 0 Å². The molecule has 0 bridgehead atoms. The van der Waals surface area contributed by atoms with Gasteiger partial charge in [-0.15, -0.1) is 0 Å². The first-order valence-electron chi connectivity index (χ1n) is 3.40. The summed E-state index contributed by atoms with van der Waals surface area (Å²) in [7, 11) is 0. The number of nitrogens with one attached hydrogen (secondary N) is 1. The van der Waals surface area contributed by atoms with E-state index in [0.29, 0.717) is 13.0 Å². The van der Waals surface area contributed by atoms with Gasteiger partial charge >= 0.3 is 0 Å². The molecule has 0 heterocycles. The maximum atomic E-state index is 10.1. The van der Waals surface area contributed by atoms with Crippen LogP contribution in [0.15, 0.2) is 0 Å². The number of carbonyl (C=O) groups is 1. The van der Waals surface area contributed by atoms with Crippen LogP contribution in [-0.2, 0) is 9.53 Å². The van der Waals surface area contributed by atoms with Crippen molar-refractivity contribution in [3.8, 4) is 0 Å². The largest absolute Gasteiger partial charge is 0.354 e. The number of carbonyl (C=O) groups excluding carboxylic acids is 1. The van der Waals surface area contributed by atoms with Crippen molar-refractivity contribution in [1.82, 2.24) is 5.32 Å². The van der Waals surface area contributed by atoms with Crippen LogP contribution in [0.4, 0.5) is 0 Å². The lowest BCUT2D eigenvalue weighted by Crippen LogP contribution is -2.41. The molecule has 1 atom stereocenters. The summed E-state index contributed by atoms with van der Waals surface area (Å²) in [5, 5.41) is 2.26. The first kappa shape index (κ1) is 12.3. The zero-order valence-corrected chi connectivity index (χ0v) is 8.79. The Kier molecular flexibility index (Phi) is 6.01. The first-order valence-corrected chi connectivity index (χ1v) is 4.53. The molecule has 6 heteroatoms. The normalized spacial score (nSPS) is 14.0. The van der Waals surface area contributed by atoms with Gasteiger partial charge in [-0.05, 0) is 6.42 Å². The molecule has 0 spiro atoms. The molecule has 1 unspecified atom stereocenters. The third-order valence-electron chi connectivity index (χ3n) is 1.01. The van der Waals surface area contributed by atoms with Crippen molar-refractivity contribution in [1.29, 1.82) is 0 Å². The monoisotopic (exact) mass is 233 g/mol. The topological polar surface area (TPSA) is 38.3 Å². The van der Waals surface area contributed by atoms with Crippen LogP contribution >= 0.6 is 34.8 Å². The molecule has 72 valence electrons. The predicted octanol–water partition coefficient (Wildman–Crippen LogP) is 1.86. The third kappa shape index (κ3) is 5.04. The minimum Gasteiger partial charge on any atom is -0.354 e. The minimum atomic E-state index is -1.63. The second-order valence-corrected chi connectivity index (χ2v) is 4.45. The molecule has 0 aliphatic carbocycles. The highest BCUT2D eigenvalue weighted by molar-refractivity contribution is 6.68. The van der Waals surface area contributed by atoms with Crippen LogP contribution < -0.4 is 5.32 Å². The molecule has 1 N–H and O–H groups in total. The van der Waals surface area contributed by atoms with E-state index in [1.165, 1.54) is 0 Å². The van der Waals surface area contributed by atoms with Crippen LogP contribution in [-0.4, -0.2) is 23.0 Å². The Bertz CT molecular complexity index is 137. The Labute approximate surface area is 86.3 Å². The number of rotatable bonds is 5. The second-order valence-electron chi connectivity index (χ2n) is 2.08. The van der Waals surface area contributed by atoms with Crippen LogP contribution in [0.1, 0.15) is 13.3 Å². The summed E-state index contributed by atoms with van der Waals surface area (Å²) in [6.45, 7) is 2.34. The Morgan fingerprint density at radius 1 is 1.58 bits per heavy atom. The highest BCUT2D eigenvalue weighted by atomic mass is 35.6. The quantitative estimate of drug-likeness (QED) is 0.448. The van der Waals surface area contributed by atoms with Crippen molar-refractivity contribution in [3.05, 3.63) is 0 Å². The first-order chi connectivity index (χ1) is 5.52. The molecule has 0 saturated heterocycles. The summed E-state index contributed by atoms with van der Waals surface area (Å²) in [4.78, 5) is 10.1. The summed E-state index contributed by atoms with van der Waals surface area (Å²) in [6.07, 6.45) is 0.333. The standard InChI is InChI=1S/C6H10Cl3NO2/c1-2-3-12-5(10-4-11)6(7,8)9/h4-5H,2-3H2,1H3,(H,10,11). The fourth-order valence-electron chi connectivity index (χ4n) is 0.535. The Balaban J connectivity index is 3.94. The third-order valence-corrected chi connectivity index (χ3v) is 1.60. The number of ether oxygens (including phenoxy) is 1. The second kappa shape index (κ2) is 5.86. The van der Waals surface area contributed by atoms with Gasteiger partial charge in [0.2, 0.25) is 10.2 Å². The molecule has 0 aliphatic rings. The smallest absolute Gasteiger partial charge is 0.234 e. The van der Waals surface area contributed by atoms with E-state index in [4.69, 9.17) is 39.5 Å². The predicted molar refractivity (Wildman–Crippen MR) is 49.5 cm³/mol. The number of alkyl halides is 3. The van der Waals surface area contributed by atoms with E-state index in [1.54, 1.807) is 0 Å². The Hall–Kier alpha value is 0.300. The van der Waals surface area contributed by atoms with Gasteiger partial charge < -0.3 is 10.1 Å². The van der Waals surface area contributed by atoms with Gasteiger partial charge in [-0.2, -0.15) is 0 Å². The number of hydrogen-bond donors (Lipinski definition) is 1. The van der Waals surface area contributed by atoms with Crippen molar-refractivity contribution in [2.45, 2.75) is 23.4 Å². The molecule has 0 saturated carbocycles. The molecule has 0 aromatic heterocycles. The highest BCUT2D eigenvalue weighted by Gasteiger charge is 2.32. The average Bonchev–Trinajstić information content (AvgIpc) is 1.95. The van der Waals surface area contributed by atoms with Crippen molar-refractivity contribution in [2.24, 2.45) is 0 Å². The van der Waals surface area contributed by atoms with Crippen LogP contribution in [0.25, 0.3) is 0 Å². The van der Waals surface area contributed by atoms with E-state index >= 15 is 0 Å². The molecule has 0 fully saturated rings. The SMILES string of the molecule is CCCOC(NC=O)C(Cl)(Cl)Cl. The van der Waals surface area contributed by atoms with Gasteiger partial charge in [0.25, 0.3) is 0 Å². The maximum absolute atomic E-state index is 10.1. The lowest BCUT2D eigenvalue weighted by molar-refractivity contribution is -0.113. The fourth-order valence-corrected chi connectivity index (χ4v) is 0.913. The molecule has 0 radical (unpaired) electrons. The van der Waals surface area contributed by atoms with Gasteiger partial charge in [-0.1, -0.05) is 41.7 Å². The Morgan fingerprint density at radius 2 is 2.17 bits per heavy atom. The van der Waals surface area contributed by atoms with Crippen LogP contribution in [0.3, 0.4) is 0 Å². The highest BCUT2D eigenvalue weighted by Crippen LogP contribution is 2.30. The Morgan fingerprint density at radius 3 is 2.50 bits per heavy atom. The fraction of sp³-hybridized carbons (Fsp3) is 0.833. The number of amides is 1. The lowest BCUT2D eigenvalue weighted by Gasteiger charge is -2.23. The van der Waals surface area contributed by atoms with Gasteiger partial charge in [0, 0.05) is 6.61 Å². The molecule has 0 aliphatic heterocycles. The average molecular weight is 235 g/mol. The zero-order chi connectivity index (χ0) is 9.61. The van der Waals surface area contributed by atoms with E-state index in [1.807, 2.05) is 6.92 Å². The van der Waals surface area contributed by atoms with Gasteiger partial charge in [0.1, 0.15) is 0 Å². The van der Waals surface area contributed by atoms with E-state index in [-0.39, 0.29) is 0 Å². The summed E-state index contributed by atoms with van der Waals surface area (Å²) in [5.74, 6) is 0. The van der Waals surface area contributed by atoms with Crippen molar-refractivity contribution in [3.63, 3.8) is 0 Å². The molecule has 12 heavy (non-hydrogen) atoms. The molecule has 3 nitrogen and oxygen atoms in total. The summed E-state index contributed by atoms with van der Waals surface area (Å²) >= 11 is 16.5. The van der Waals surface area contributed by atoms with Crippen molar-refractivity contribution < 1.29 is 9.53 Å². The van der Waals surface area contributed by atoms with Gasteiger partial charge in [0.15, 0.2) is 6.23 Å². The van der Waals surface area contributed by atoms with Gasteiger partial charge in [-0.25, -0.2) is 0 Å². The summed E-state index contributed by atoms with van der Waals surface area (Å²) in [6, 6.07) is 0. The molecule has 0 aromatic carbocycles. The molecular formula is C6H10Cl3NO2. The minimum absolute atomic E-state index is 0.430. The van der Waals surface area contributed by atoms with Crippen LogP contribution in [0.2, 0.25) is 0 Å². The number of halogens is 3. The van der Waals surface area contributed by atoms with E-state index in [0.717, 1.165) is 6.42 Å². The van der Waals surface area contributed by atoms with Crippen LogP contribution in [0.5, 0.6) is 0 Å². The van der Waals surface area contributed by atoms with E-state index in [9.17, 15) is 4.79 Å². The molecule has 0 rings (SSSR count). The molecule has 0 aromatic rings. The molecular weight excluding hydrogens is 224 g/mol. The number of hydrogen-bond acceptors (Lipinski definition) is 2. The lowest BCUT2D eigenvalue weighted by atomic mass is 10.5. The zero-order valence-electron chi connectivity index (χ0n) is 6.52. The van der Waals surface area contributed by atoms with E-state index in [2.05, 4.69) is 5.32 Å². The van der Waals surface area contributed by atoms with Crippen molar-refractivity contribution >= 4 is 41.2 Å². The maximum Gasteiger partial charge on any atom is 0.234 e. The summed E-state index contributed by atoms with van der Waals surface area (Å²) < 4.78 is 3.43. The van der Waals surface area contributed by atoms with Crippen molar-refractivity contribution in [2.75, 3.05) is 6.61 Å². The van der Waals surface area contributed by atoms with Gasteiger partial charge in [-0.3, -0.25) is 4.79 Å². The van der Waals surface area contributed by atoms with Gasteiger partial charge in [0.05, 0.1) is 0 Å². The summed E-state index contributed by atoms with van der Waals surface area (Å²) in [5.41, 5.74) is 0. The van der Waals surface area contributed by atoms with E-state index < -0.39 is 10.0 Å².